The summed E-state index contributed by atoms with van der Waals surface area (Å²) in [5, 5.41) is 6.97. The highest BCUT2D eigenvalue weighted by Gasteiger charge is 2.36. The van der Waals surface area contributed by atoms with Gasteiger partial charge in [0.15, 0.2) is 0 Å². The van der Waals surface area contributed by atoms with Crippen LogP contribution in [0.4, 0.5) is 10.5 Å². The van der Waals surface area contributed by atoms with Crippen LogP contribution < -0.4 is 15.2 Å². The zero-order chi connectivity index (χ0) is 21.9. The van der Waals surface area contributed by atoms with Crippen molar-refractivity contribution in [2.45, 2.75) is 4.90 Å². The number of nitrogens with two attached hydrogens (primary N) is 1. The van der Waals surface area contributed by atoms with Gasteiger partial charge in [0.2, 0.25) is 15.9 Å². The quantitative estimate of drug-likeness (QED) is 0.647. The summed E-state index contributed by atoms with van der Waals surface area (Å²) in [5.41, 5.74) is 1.01. The highest BCUT2D eigenvalue weighted by atomic mass is 32.2. The third-order valence-corrected chi connectivity index (χ3v) is 5.89. The van der Waals surface area contributed by atoms with E-state index in [1.54, 1.807) is 37.5 Å². The van der Waals surface area contributed by atoms with Crippen LogP contribution in [0.5, 0.6) is 5.75 Å². The number of hydrogen-bond donors (Lipinski definition) is 2. The van der Waals surface area contributed by atoms with E-state index in [0.29, 0.717) is 17.0 Å². The highest BCUT2D eigenvalue weighted by molar-refractivity contribution is 8.18. The fourth-order valence-corrected chi connectivity index (χ4v) is 3.91. The second-order valence-corrected chi connectivity index (χ2v) is 8.71. The first-order valence-electron chi connectivity index (χ1n) is 8.49. The van der Waals surface area contributed by atoms with Gasteiger partial charge < -0.3 is 10.1 Å². The van der Waals surface area contributed by atoms with Crippen molar-refractivity contribution in [1.29, 1.82) is 0 Å². The number of rotatable bonds is 6. The van der Waals surface area contributed by atoms with Gasteiger partial charge in [0.25, 0.3) is 11.1 Å². The maximum Gasteiger partial charge on any atom is 0.294 e. The lowest BCUT2D eigenvalue weighted by Crippen LogP contribution is -2.36. The van der Waals surface area contributed by atoms with E-state index in [4.69, 9.17) is 9.88 Å². The molecule has 1 saturated heterocycles. The number of primary sulfonamides is 1. The summed E-state index contributed by atoms with van der Waals surface area (Å²) in [6.45, 7) is -0.471. The summed E-state index contributed by atoms with van der Waals surface area (Å²) >= 11 is 0.746. The van der Waals surface area contributed by atoms with Gasteiger partial charge in [0.1, 0.15) is 12.3 Å². The van der Waals surface area contributed by atoms with E-state index >= 15 is 0 Å². The van der Waals surface area contributed by atoms with Gasteiger partial charge in [-0.15, -0.1) is 0 Å². The van der Waals surface area contributed by atoms with Crippen LogP contribution in [0.25, 0.3) is 6.08 Å². The molecule has 3 N–H and O–H groups in total. The van der Waals surface area contributed by atoms with Gasteiger partial charge in [-0.05, 0) is 59.8 Å². The molecule has 1 aliphatic rings. The fraction of sp³-hybridized carbons (Fsp3) is 0.105. The standard InChI is InChI=1S/C19H17N3O6S2/c1-28-14-6-2-12(3-7-14)10-16-18(24)22(19(25)29-16)11-17(23)21-13-4-8-15(9-5-13)30(20,26)27/h2-10H,11H2,1H3,(H,21,23)(H2,20,26,27)/b16-10-. The van der Waals surface area contributed by atoms with Crippen molar-refractivity contribution in [1.82, 2.24) is 4.90 Å². The first-order chi connectivity index (χ1) is 14.2. The summed E-state index contributed by atoms with van der Waals surface area (Å²) in [6.07, 6.45) is 1.56. The summed E-state index contributed by atoms with van der Waals surface area (Å²) < 4.78 is 27.6. The fourth-order valence-electron chi connectivity index (χ4n) is 2.56. The number of methoxy groups -OCH3 is 1. The van der Waals surface area contributed by atoms with E-state index in [0.717, 1.165) is 16.7 Å². The van der Waals surface area contributed by atoms with Gasteiger partial charge in [0.05, 0.1) is 16.9 Å². The van der Waals surface area contributed by atoms with E-state index in [1.807, 2.05) is 0 Å². The monoisotopic (exact) mass is 447 g/mol. The summed E-state index contributed by atoms with van der Waals surface area (Å²) in [7, 11) is -2.30. The third-order valence-electron chi connectivity index (χ3n) is 4.06. The van der Waals surface area contributed by atoms with Crippen molar-refractivity contribution in [2.75, 3.05) is 19.0 Å². The molecule has 11 heteroatoms. The molecule has 3 amide bonds. The first kappa shape index (κ1) is 21.6. The number of sulfonamides is 1. The Morgan fingerprint density at radius 1 is 1.13 bits per heavy atom. The maximum atomic E-state index is 12.5. The number of carbonyl (C=O) groups excluding carboxylic acids is 3. The Hall–Kier alpha value is -3.15. The summed E-state index contributed by atoms with van der Waals surface area (Å²) in [6, 6.07) is 12.1. The maximum absolute atomic E-state index is 12.5. The zero-order valence-corrected chi connectivity index (χ0v) is 17.3. The molecule has 0 unspecified atom stereocenters. The number of hydrogen-bond acceptors (Lipinski definition) is 7. The van der Waals surface area contributed by atoms with Crippen LogP contribution in [0.15, 0.2) is 58.3 Å². The Balaban J connectivity index is 1.66. The van der Waals surface area contributed by atoms with Gasteiger partial charge >= 0.3 is 0 Å². The van der Waals surface area contributed by atoms with Gasteiger partial charge in [-0.2, -0.15) is 0 Å². The van der Waals surface area contributed by atoms with Crippen molar-refractivity contribution in [3.8, 4) is 5.75 Å². The minimum absolute atomic E-state index is 0.102. The Bertz CT molecular complexity index is 1130. The van der Waals surface area contributed by atoms with Gasteiger partial charge in [-0.3, -0.25) is 19.3 Å². The Kier molecular flexibility index (Phi) is 6.25. The number of nitrogens with one attached hydrogen (secondary N) is 1. The zero-order valence-electron chi connectivity index (χ0n) is 15.7. The van der Waals surface area contributed by atoms with Crippen LogP contribution in [-0.2, 0) is 19.6 Å². The van der Waals surface area contributed by atoms with Crippen molar-refractivity contribution >= 4 is 50.6 Å². The Morgan fingerprint density at radius 2 is 1.77 bits per heavy atom. The molecule has 2 aromatic carbocycles. The average molecular weight is 447 g/mol. The molecule has 2 aromatic rings. The Morgan fingerprint density at radius 3 is 2.33 bits per heavy atom. The molecule has 0 radical (unpaired) electrons. The highest BCUT2D eigenvalue weighted by Crippen LogP contribution is 2.32. The molecule has 9 nitrogen and oxygen atoms in total. The molecule has 0 aliphatic carbocycles. The molecule has 0 atom stereocenters. The number of benzene rings is 2. The normalized spacial score (nSPS) is 15.5. The van der Waals surface area contributed by atoms with Crippen LogP contribution >= 0.6 is 11.8 Å². The molecule has 0 aromatic heterocycles. The Labute approximate surface area is 176 Å². The van der Waals surface area contributed by atoms with E-state index in [9.17, 15) is 22.8 Å². The minimum Gasteiger partial charge on any atom is -0.497 e. The van der Waals surface area contributed by atoms with Gasteiger partial charge in [-0.1, -0.05) is 12.1 Å². The smallest absolute Gasteiger partial charge is 0.294 e. The average Bonchev–Trinajstić information content (AvgIpc) is 2.95. The molecule has 1 aliphatic heterocycles. The number of thioether (sulfide) groups is 1. The second kappa shape index (κ2) is 8.69. The van der Waals surface area contributed by atoms with Crippen LogP contribution in [0, 0.1) is 0 Å². The van der Waals surface area contributed by atoms with E-state index < -0.39 is 33.6 Å². The summed E-state index contributed by atoms with van der Waals surface area (Å²) in [5.74, 6) is -0.513. The lowest BCUT2D eigenvalue weighted by molar-refractivity contribution is -0.127. The van der Waals surface area contributed by atoms with Crippen LogP contribution in [0.2, 0.25) is 0 Å². The molecule has 0 spiro atoms. The third kappa shape index (κ3) is 5.06. The number of amides is 3. The largest absolute Gasteiger partial charge is 0.497 e. The summed E-state index contributed by atoms with van der Waals surface area (Å²) in [4.78, 5) is 37.9. The van der Waals surface area contributed by atoms with Crippen LogP contribution in [0.3, 0.4) is 0 Å². The molecule has 0 bridgehead atoms. The predicted octanol–water partition coefficient (Wildman–Crippen LogP) is 2.02. The number of carbonyl (C=O) groups is 3. The number of nitrogens with zero attached hydrogens (tertiary/aromatic N) is 1. The SMILES string of the molecule is COc1ccc(/C=C2\SC(=O)N(CC(=O)Nc3ccc(S(N)(=O)=O)cc3)C2=O)cc1. The van der Waals surface area contributed by atoms with E-state index in [-0.39, 0.29) is 9.80 Å². The molecule has 30 heavy (non-hydrogen) atoms. The number of imide groups is 1. The predicted molar refractivity (Wildman–Crippen MR) is 112 cm³/mol. The minimum atomic E-state index is -3.84. The first-order valence-corrected chi connectivity index (χ1v) is 10.9. The molecule has 3 rings (SSSR count). The van der Waals surface area contributed by atoms with E-state index in [2.05, 4.69) is 5.32 Å². The molecular formula is C19H17N3O6S2. The van der Waals surface area contributed by atoms with Crippen molar-refractivity contribution in [2.24, 2.45) is 5.14 Å². The van der Waals surface area contributed by atoms with Crippen molar-refractivity contribution in [3.05, 3.63) is 59.0 Å². The molecule has 1 fully saturated rings. The molecule has 1 heterocycles. The van der Waals surface area contributed by atoms with Gasteiger partial charge in [0, 0.05) is 5.69 Å². The second-order valence-electron chi connectivity index (χ2n) is 6.16. The van der Waals surface area contributed by atoms with Gasteiger partial charge in [-0.25, -0.2) is 13.6 Å². The van der Waals surface area contributed by atoms with Crippen LogP contribution in [0.1, 0.15) is 5.56 Å². The van der Waals surface area contributed by atoms with E-state index in [1.165, 1.54) is 24.3 Å². The lowest BCUT2D eigenvalue weighted by atomic mass is 10.2. The topological polar surface area (TPSA) is 136 Å². The lowest BCUT2D eigenvalue weighted by Gasteiger charge is -2.12. The number of ether oxygens (including phenoxy) is 1. The van der Waals surface area contributed by atoms with Crippen molar-refractivity contribution < 1.29 is 27.5 Å². The number of anilines is 1. The molecule has 0 saturated carbocycles. The van der Waals surface area contributed by atoms with Crippen molar-refractivity contribution in [3.63, 3.8) is 0 Å². The molecule has 156 valence electrons. The molecular weight excluding hydrogens is 430 g/mol. The van der Waals surface area contributed by atoms with Crippen LogP contribution in [-0.4, -0.2) is 44.0 Å².